The normalized spacial score (nSPS) is 10.6. The van der Waals surface area contributed by atoms with Crippen molar-refractivity contribution in [2.75, 3.05) is 0 Å². The third-order valence-corrected chi connectivity index (χ3v) is 3.80. The van der Waals surface area contributed by atoms with Gasteiger partial charge in [0.15, 0.2) is 5.78 Å². The van der Waals surface area contributed by atoms with Crippen molar-refractivity contribution in [2.24, 2.45) is 0 Å². The van der Waals surface area contributed by atoms with E-state index in [9.17, 15) is 4.79 Å². The van der Waals surface area contributed by atoms with Crippen LogP contribution in [0.5, 0.6) is 0 Å². The Bertz CT molecular complexity index is 956. The van der Waals surface area contributed by atoms with E-state index in [2.05, 4.69) is 63.2 Å². The largest absolute Gasteiger partial charge is 0.512 e. The Balaban J connectivity index is 0.000000395. The zero-order valence-electron chi connectivity index (χ0n) is 16.3. The quantitative estimate of drug-likeness (QED) is 0.260. The number of aryl methyl sites for hydroxylation is 3. The van der Waals surface area contributed by atoms with E-state index in [1.807, 2.05) is 6.07 Å². The maximum Gasteiger partial charge on any atom is 0.155 e. The van der Waals surface area contributed by atoms with Crippen LogP contribution in [0.25, 0.3) is 22.2 Å². The van der Waals surface area contributed by atoms with E-state index in [0.29, 0.717) is 0 Å². The van der Waals surface area contributed by atoms with Crippen molar-refractivity contribution in [3.8, 4) is 11.3 Å². The Labute approximate surface area is 174 Å². The Hall–Kier alpha value is -2.29. The summed E-state index contributed by atoms with van der Waals surface area (Å²) in [6.07, 6.45) is 1.17. The number of rotatable bonds is 2. The first-order chi connectivity index (χ1) is 12.3. The van der Waals surface area contributed by atoms with Crippen LogP contribution in [0.1, 0.15) is 30.5 Å². The van der Waals surface area contributed by atoms with Gasteiger partial charge in [0.05, 0.1) is 11.3 Å². The van der Waals surface area contributed by atoms with E-state index in [1.165, 1.54) is 42.0 Å². The number of carbonyl (C=O) groups is 1. The molecular formula is C23H24IrNO2-. The number of carbonyl (C=O) groups excluding carboxylic acids is 1. The molecule has 2 aromatic carbocycles. The molecule has 1 aromatic heterocycles. The zero-order chi connectivity index (χ0) is 19.3. The van der Waals surface area contributed by atoms with Crippen LogP contribution in [0.4, 0.5) is 0 Å². The molecule has 1 heterocycles. The summed E-state index contributed by atoms with van der Waals surface area (Å²) in [5, 5.41) is 9.57. The zero-order valence-corrected chi connectivity index (χ0v) is 18.6. The summed E-state index contributed by atoms with van der Waals surface area (Å²) < 4.78 is 0. The number of hydrogen-bond donors (Lipinski definition) is 1. The summed E-state index contributed by atoms with van der Waals surface area (Å²) in [5.41, 5.74) is 6.81. The van der Waals surface area contributed by atoms with E-state index in [4.69, 9.17) is 10.1 Å². The predicted octanol–water partition coefficient (Wildman–Crippen LogP) is 5.66. The van der Waals surface area contributed by atoms with Crippen LogP contribution < -0.4 is 0 Å². The third-order valence-electron chi connectivity index (χ3n) is 3.80. The molecule has 1 radical (unpaired) electrons. The number of benzene rings is 2. The number of aliphatic hydroxyl groups excluding tert-OH is 1. The van der Waals surface area contributed by atoms with E-state index in [-0.39, 0.29) is 31.6 Å². The van der Waals surface area contributed by atoms with Crippen LogP contribution in [0.3, 0.4) is 0 Å². The van der Waals surface area contributed by atoms with Crippen molar-refractivity contribution >= 4 is 16.7 Å². The second-order valence-corrected chi connectivity index (χ2v) is 6.53. The average Bonchev–Trinajstić information content (AvgIpc) is 2.54. The number of hydrogen-bond acceptors (Lipinski definition) is 3. The summed E-state index contributed by atoms with van der Waals surface area (Å²) in [6, 6.07) is 18.1. The van der Waals surface area contributed by atoms with Crippen molar-refractivity contribution in [3.63, 3.8) is 0 Å². The minimum absolute atomic E-state index is 0. The van der Waals surface area contributed by atoms with Crippen molar-refractivity contribution in [1.29, 1.82) is 0 Å². The van der Waals surface area contributed by atoms with Crippen molar-refractivity contribution in [2.45, 2.75) is 34.6 Å². The second kappa shape index (κ2) is 10.1. The number of aromatic nitrogens is 1. The molecule has 4 heteroatoms. The fraction of sp³-hybridized carbons (Fsp3) is 0.217. The molecule has 3 aromatic rings. The molecule has 27 heavy (non-hydrogen) atoms. The van der Waals surface area contributed by atoms with Crippen molar-refractivity contribution in [3.05, 3.63) is 77.1 Å². The fourth-order valence-corrected chi connectivity index (χ4v) is 2.62. The summed E-state index contributed by atoms with van der Waals surface area (Å²) in [7, 11) is 0. The Morgan fingerprint density at radius 3 is 2.22 bits per heavy atom. The molecule has 3 rings (SSSR count). The molecule has 0 saturated heterocycles. The summed E-state index contributed by atoms with van der Waals surface area (Å²) >= 11 is 0. The molecule has 143 valence electrons. The minimum Gasteiger partial charge on any atom is -0.512 e. The van der Waals surface area contributed by atoms with Gasteiger partial charge < -0.3 is 5.11 Å². The van der Waals surface area contributed by atoms with Gasteiger partial charge in [-0.15, -0.1) is 35.4 Å². The maximum absolute atomic E-state index is 10.0. The molecule has 0 aliphatic heterocycles. The number of nitrogens with zero attached hydrogens (tertiary/aromatic N) is 1. The van der Waals surface area contributed by atoms with Gasteiger partial charge >= 0.3 is 0 Å². The van der Waals surface area contributed by atoms with Crippen LogP contribution in [0, 0.1) is 26.8 Å². The van der Waals surface area contributed by atoms with Gasteiger partial charge in [0.25, 0.3) is 0 Å². The molecule has 3 nitrogen and oxygen atoms in total. The fourth-order valence-electron chi connectivity index (χ4n) is 2.62. The van der Waals surface area contributed by atoms with E-state index in [0.717, 1.165) is 16.8 Å². The topological polar surface area (TPSA) is 50.2 Å². The van der Waals surface area contributed by atoms with Crippen LogP contribution in [-0.4, -0.2) is 15.9 Å². The van der Waals surface area contributed by atoms with Crippen LogP contribution in [-0.2, 0) is 24.9 Å². The van der Waals surface area contributed by atoms with Gasteiger partial charge in [-0.3, -0.25) is 9.78 Å². The predicted molar refractivity (Wildman–Crippen MR) is 107 cm³/mol. The van der Waals surface area contributed by atoms with E-state index < -0.39 is 0 Å². The monoisotopic (exact) mass is 539 g/mol. The van der Waals surface area contributed by atoms with Gasteiger partial charge in [-0.25, -0.2) is 0 Å². The number of aliphatic hydroxyl groups is 1. The molecule has 0 spiro atoms. The second-order valence-electron chi connectivity index (χ2n) is 6.53. The molecule has 1 N–H and O–H groups in total. The van der Waals surface area contributed by atoms with Gasteiger partial charge in [-0.1, -0.05) is 30.2 Å². The molecule has 0 fully saturated rings. The molecule has 0 unspecified atom stereocenters. The summed E-state index contributed by atoms with van der Waals surface area (Å²) in [4.78, 5) is 14.8. The molecule has 0 bridgehead atoms. The minimum atomic E-state index is -0.125. The van der Waals surface area contributed by atoms with Crippen molar-refractivity contribution < 1.29 is 30.0 Å². The summed E-state index contributed by atoms with van der Waals surface area (Å²) in [6.45, 7) is 9.14. The van der Waals surface area contributed by atoms with Gasteiger partial charge in [0.1, 0.15) is 0 Å². The Morgan fingerprint density at radius 2 is 1.70 bits per heavy atom. The maximum atomic E-state index is 10.0. The van der Waals surface area contributed by atoms with Crippen LogP contribution in [0.2, 0.25) is 0 Å². The first-order valence-corrected chi connectivity index (χ1v) is 8.51. The van der Waals surface area contributed by atoms with Crippen LogP contribution >= 0.6 is 0 Å². The molecule has 0 atom stereocenters. The van der Waals surface area contributed by atoms with Crippen LogP contribution in [0.15, 0.2) is 54.3 Å². The first kappa shape index (κ1) is 22.7. The number of pyridine rings is 1. The molecule has 0 amide bonds. The average molecular weight is 539 g/mol. The Kier molecular flexibility index (Phi) is 8.55. The number of allylic oxidation sites excluding steroid dienone is 2. The molecular weight excluding hydrogens is 514 g/mol. The van der Waals surface area contributed by atoms with E-state index >= 15 is 0 Å². The first-order valence-electron chi connectivity index (χ1n) is 8.51. The van der Waals surface area contributed by atoms with Gasteiger partial charge in [0, 0.05) is 26.2 Å². The third kappa shape index (κ3) is 6.74. The molecule has 0 aliphatic rings. The molecule has 0 aliphatic carbocycles. The van der Waals surface area contributed by atoms with E-state index in [1.54, 1.807) is 0 Å². The van der Waals surface area contributed by atoms with Gasteiger partial charge in [0.2, 0.25) is 0 Å². The van der Waals surface area contributed by atoms with Crippen molar-refractivity contribution in [1.82, 2.24) is 4.98 Å². The van der Waals surface area contributed by atoms with Gasteiger partial charge in [-0.2, -0.15) is 0 Å². The standard InChI is InChI=1S/C18H16N.C5H8O2.Ir/c1-12-4-7-15(8-5-12)18-14(3)11-16-10-13(2)6-9-17(16)19-18;1-4(6)3-5(2)7;/h4-7,9-11H,1-3H3;3,6H,1-2H3;/q-1;;. The smallest absolute Gasteiger partial charge is 0.155 e. The number of ketones is 1. The Morgan fingerprint density at radius 1 is 1.04 bits per heavy atom. The number of fused-ring (bicyclic) bond motifs is 1. The SMILES string of the molecule is CC(=O)C=C(C)O.Cc1c[c-]c(-c2nc3ccc(C)cc3cc2C)cc1.[Ir]. The van der Waals surface area contributed by atoms with Gasteiger partial charge in [-0.05, 0) is 50.9 Å². The summed E-state index contributed by atoms with van der Waals surface area (Å²) in [5.74, 6) is -0.0625. The molecule has 0 saturated carbocycles.